The molecule has 5 heteroatoms. The molecule has 0 unspecified atom stereocenters. The Hall–Kier alpha value is -1.39. The lowest BCUT2D eigenvalue weighted by Crippen LogP contribution is -2.31. The number of halogens is 1. The maximum atomic E-state index is 12.3. The number of amides is 1. The van der Waals surface area contributed by atoms with E-state index in [-0.39, 0.29) is 11.3 Å². The number of hydrogen-bond donors (Lipinski definition) is 1. The number of nitrogens with one attached hydrogen (secondary N) is 1. The van der Waals surface area contributed by atoms with E-state index in [4.69, 9.17) is 11.6 Å². The molecule has 0 spiro atoms. The summed E-state index contributed by atoms with van der Waals surface area (Å²) < 4.78 is 0. The van der Waals surface area contributed by atoms with Crippen molar-refractivity contribution in [3.63, 3.8) is 0 Å². The van der Waals surface area contributed by atoms with Crippen LogP contribution in [0, 0.1) is 0 Å². The topological polar surface area (TPSA) is 42.0 Å². The van der Waals surface area contributed by atoms with Gasteiger partial charge in [-0.2, -0.15) is 0 Å². The van der Waals surface area contributed by atoms with Crippen molar-refractivity contribution in [3.05, 3.63) is 50.9 Å². The molecule has 0 radical (unpaired) electrons. The summed E-state index contributed by atoms with van der Waals surface area (Å²) in [4.78, 5) is 17.4. The highest BCUT2D eigenvalue weighted by molar-refractivity contribution is 7.13. The standard InChI is InChI=1S/C17H17ClN2OS/c18-13-5-3-12(4-6-13)17(7-8-17)10-20-15(21)14-9-19-16(22-14)11-1-2-11/h3-6,9,11H,1-2,7-8,10H2,(H,20,21). The van der Waals surface area contributed by atoms with Crippen molar-refractivity contribution in [1.82, 2.24) is 10.3 Å². The van der Waals surface area contributed by atoms with Gasteiger partial charge in [0.15, 0.2) is 0 Å². The second-order valence-corrected chi connectivity index (χ2v) is 7.81. The van der Waals surface area contributed by atoms with Crippen LogP contribution in [0.2, 0.25) is 5.02 Å². The Labute approximate surface area is 138 Å². The zero-order valence-electron chi connectivity index (χ0n) is 12.1. The van der Waals surface area contributed by atoms with Gasteiger partial charge in [-0.05, 0) is 43.4 Å². The minimum atomic E-state index is 0.00429. The van der Waals surface area contributed by atoms with E-state index < -0.39 is 0 Å². The van der Waals surface area contributed by atoms with Crippen molar-refractivity contribution < 1.29 is 4.79 Å². The zero-order valence-corrected chi connectivity index (χ0v) is 13.7. The minimum Gasteiger partial charge on any atom is -0.350 e. The zero-order chi connectivity index (χ0) is 15.2. The molecule has 1 aromatic heterocycles. The van der Waals surface area contributed by atoms with E-state index in [0.29, 0.717) is 12.5 Å². The molecular formula is C17H17ClN2OS. The van der Waals surface area contributed by atoms with Crippen LogP contribution in [-0.4, -0.2) is 17.4 Å². The second kappa shape index (κ2) is 5.36. The van der Waals surface area contributed by atoms with E-state index in [1.807, 2.05) is 12.1 Å². The largest absolute Gasteiger partial charge is 0.350 e. The molecule has 2 saturated carbocycles. The van der Waals surface area contributed by atoms with E-state index in [1.165, 1.54) is 29.7 Å². The summed E-state index contributed by atoms with van der Waals surface area (Å²) in [7, 11) is 0. The molecule has 0 atom stereocenters. The molecule has 1 N–H and O–H groups in total. The highest BCUT2D eigenvalue weighted by Crippen LogP contribution is 2.48. The summed E-state index contributed by atoms with van der Waals surface area (Å²) in [5.74, 6) is 0.611. The monoisotopic (exact) mass is 332 g/mol. The van der Waals surface area contributed by atoms with Gasteiger partial charge in [-0.1, -0.05) is 23.7 Å². The number of carbonyl (C=O) groups excluding carboxylic acids is 1. The highest BCUT2D eigenvalue weighted by atomic mass is 35.5. The van der Waals surface area contributed by atoms with E-state index in [0.717, 1.165) is 27.7 Å². The highest BCUT2D eigenvalue weighted by Gasteiger charge is 2.44. The average molecular weight is 333 g/mol. The number of nitrogens with zero attached hydrogens (tertiary/aromatic N) is 1. The molecule has 2 fully saturated rings. The fourth-order valence-electron chi connectivity index (χ4n) is 2.77. The van der Waals surface area contributed by atoms with Gasteiger partial charge in [0, 0.05) is 22.9 Å². The molecule has 0 saturated heterocycles. The molecule has 1 aromatic carbocycles. The minimum absolute atomic E-state index is 0.00429. The number of rotatable bonds is 5. The van der Waals surface area contributed by atoms with Crippen LogP contribution in [0.3, 0.4) is 0 Å². The molecule has 0 bridgehead atoms. The Balaban J connectivity index is 1.40. The molecule has 22 heavy (non-hydrogen) atoms. The van der Waals surface area contributed by atoms with E-state index in [1.54, 1.807) is 6.20 Å². The summed E-state index contributed by atoms with van der Waals surface area (Å²) >= 11 is 7.49. The maximum absolute atomic E-state index is 12.3. The molecule has 2 aliphatic carbocycles. The second-order valence-electron chi connectivity index (χ2n) is 6.31. The summed E-state index contributed by atoms with van der Waals surface area (Å²) in [5, 5.41) is 4.95. The van der Waals surface area contributed by atoms with Crippen molar-refractivity contribution in [1.29, 1.82) is 0 Å². The lowest BCUT2D eigenvalue weighted by atomic mass is 9.96. The quantitative estimate of drug-likeness (QED) is 0.894. The van der Waals surface area contributed by atoms with Crippen molar-refractivity contribution in [2.45, 2.75) is 37.0 Å². The third-order valence-electron chi connectivity index (χ3n) is 4.57. The number of hydrogen-bond acceptors (Lipinski definition) is 3. The number of benzene rings is 1. The van der Waals surface area contributed by atoms with Gasteiger partial charge in [0.1, 0.15) is 4.88 Å². The van der Waals surface area contributed by atoms with Gasteiger partial charge >= 0.3 is 0 Å². The predicted octanol–water partition coefficient (Wildman–Crippen LogP) is 4.14. The Morgan fingerprint density at radius 2 is 2.05 bits per heavy atom. The Bertz CT molecular complexity index is 702. The van der Waals surface area contributed by atoms with Crippen LogP contribution >= 0.6 is 22.9 Å². The number of thiazole rings is 1. The lowest BCUT2D eigenvalue weighted by Gasteiger charge is -2.16. The normalized spacial score (nSPS) is 19.0. The van der Waals surface area contributed by atoms with Crippen LogP contribution in [0.1, 0.15) is 51.8 Å². The average Bonchev–Trinajstić information content (AvgIpc) is 3.45. The summed E-state index contributed by atoms with van der Waals surface area (Å²) in [6.45, 7) is 0.685. The van der Waals surface area contributed by atoms with Crippen LogP contribution in [0.4, 0.5) is 0 Å². The molecule has 0 aliphatic heterocycles. The molecule has 2 aromatic rings. The van der Waals surface area contributed by atoms with E-state index in [9.17, 15) is 4.79 Å². The SMILES string of the molecule is O=C(NCC1(c2ccc(Cl)cc2)CC1)c1cnc(C2CC2)s1. The van der Waals surface area contributed by atoms with Gasteiger partial charge in [-0.15, -0.1) is 11.3 Å². The van der Waals surface area contributed by atoms with Crippen molar-refractivity contribution in [2.24, 2.45) is 0 Å². The molecule has 1 amide bonds. The van der Waals surface area contributed by atoms with Crippen LogP contribution in [0.15, 0.2) is 30.5 Å². The van der Waals surface area contributed by atoms with Gasteiger partial charge in [0.2, 0.25) is 0 Å². The first kappa shape index (κ1) is 14.2. The van der Waals surface area contributed by atoms with Gasteiger partial charge in [0.05, 0.1) is 11.2 Å². The molecule has 114 valence electrons. The Morgan fingerprint density at radius 3 is 2.68 bits per heavy atom. The lowest BCUT2D eigenvalue weighted by molar-refractivity contribution is 0.0953. The first-order valence-corrected chi connectivity index (χ1v) is 8.86. The third kappa shape index (κ3) is 2.77. The molecular weight excluding hydrogens is 316 g/mol. The summed E-state index contributed by atoms with van der Waals surface area (Å²) in [6, 6.07) is 7.98. The van der Waals surface area contributed by atoms with Gasteiger partial charge in [-0.3, -0.25) is 4.79 Å². The maximum Gasteiger partial charge on any atom is 0.263 e. The fourth-order valence-corrected chi connectivity index (χ4v) is 3.90. The molecule has 4 rings (SSSR count). The van der Waals surface area contributed by atoms with Gasteiger partial charge in [0.25, 0.3) is 5.91 Å². The van der Waals surface area contributed by atoms with Crippen LogP contribution < -0.4 is 5.32 Å². The van der Waals surface area contributed by atoms with Gasteiger partial charge < -0.3 is 5.32 Å². The van der Waals surface area contributed by atoms with Crippen molar-refractivity contribution in [3.8, 4) is 0 Å². The number of carbonyl (C=O) groups is 1. The Kier molecular flexibility index (Phi) is 3.46. The molecule has 2 aliphatic rings. The first-order valence-electron chi connectivity index (χ1n) is 7.66. The summed E-state index contributed by atoms with van der Waals surface area (Å²) in [6.07, 6.45) is 6.38. The van der Waals surface area contributed by atoms with Crippen LogP contribution in [-0.2, 0) is 5.41 Å². The fraction of sp³-hybridized carbons (Fsp3) is 0.412. The first-order chi connectivity index (χ1) is 10.7. The molecule has 1 heterocycles. The summed E-state index contributed by atoms with van der Waals surface area (Å²) in [5.41, 5.74) is 1.37. The van der Waals surface area contributed by atoms with Crippen LogP contribution in [0.25, 0.3) is 0 Å². The van der Waals surface area contributed by atoms with Gasteiger partial charge in [-0.25, -0.2) is 4.98 Å². The van der Waals surface area contributed by atoms with E-state index in [2.05, 4.69) is 22.4 Å². The smallest absolute Gasteiger partial charge is 0.263 e. The van der Waals surface area contributed by atoms with Crippen molar-refractivity contribution >= 4 is 28.8 Å². The predicted molar refractivity (Wildman–Crippen MR) is 88.8 cm³/mol. The number of aromatic nitrogens is 1. The third-order valence-corrected chi connectivity index (χ3v) is 5.98. The Morgan fingerprint density at radius 1 is 1.32 bits per heavy atom. The van der Waals surface area contributed by atoms with Crippen LogP contribution in [0.5, 0.6) is 0 Å². The van der Waals surface area contributed by atoms with E-state index >= 15 is 0 Å². The van der Waals surface area contributed by atoms with Crippen molar-refractivity contribution in [2.75, 3.05) is 6.54 Å². The molecule has 3 nitrogen and oxygen atoms in total.